The van der Waals surface area contributed by atoms with E-state index in [1.165, 1.54) is 5.56 Å². The van der Waals surface area contributed by atoms with Gasteiger partial charge in [-0.25, -0.2) is 0 Å². The fourth-order valence-corrected chi connectivity index (χ4v) is 2.10. The summed E-state index contributed by atoms with van der Waals surface area (Å²) in [6, 6.07) is 8.24. The first-order valence-corrected chi connectivity index (χ1v) is 8.16. The van der Waals surface area contributed by atoms with Crippen molar-refractivity contribution in [3.05, 3.63) is 29.8 Å². The van der Waals surface area contributed by atoms with E-state index in [-0.39, 0.29) is 0 Å². The summed E-state index contributed by atoms with van der Waals surface area (Å²) < 4.78 is 6.13. The molecule has 0 N–H and O–H groups in total. The first kappa shape index (κ1) is 11.3. The third-order valence-electron chi connectivity index (χ3n) is 2.86. The summed E-state index contributed by atoms with van der Waals surface area (Å²) in [6.45, 7) is 11.1. The van der Waals surface area contributed by atoms with E-state index in [0.29, 0.717) is 5.54 Å². The second kappa shape index (κ2) is 4.18. The molecule has 1 rings (SSSR count). The summed E-state index contributed by atoms with van der Waals surface area (Å²) >= 11 is 0. The molecule has 1 nitrogen and oxygen atoms in total. The van der Waals surface area contributed by atoms with E-state index < -0.39 is 8.32 Å². The molecule has 0 heterocycles. The first-order valence-electron chi connectivity index (χ1n) is 5.18. The monoisotopic (exact) mass is 208 g/mol. The minimum atomic E-state index is -1.55. The van der Waals surface area contributed by atoms with Crippen molar-refractivity contribution in [1.29, 1.82) is 0 Å². The van der Waals surface area contributed by atoms with Gasteiger partial charge in [0.1, 0.15) is 5.75 Å². The molecule has 0 saturated carbocycles. The van der Waals surface area contributed by atoms with Gasteiger partial charge in [0.2, 0.25) is 8.32 Å². The van der Waals surface area contributed by atoms with E-state index in [2.05, 4.69) is 46.0 Å². The molecule has 1 aromatic carbocycles. The lowest BCUT2D eigenvalue weighted by molar-refractivity contribution is 0.529. The molecule has 0 aliphatic rings. The lowest BCUT2D eigenvalue weighted by Gasteiger charge is -2.28. The predicted molar refractivity (Wildman–Crippen MR) is 64.4 cm³/mol. The van der Waals surface area contributed by atoms with Gasteiger partial charge in [0.15, 0.2) is 0 Å². The van der Waals surface area contributed by atoms with Crippen molar-refractivity contribution in [3.8, 4) is 5.75 Å². The summed E-state index contributed by atoms with van der Waals surface area (Å²) in [5.74, 6) is 1.05. The molecular weight excluding hydrogens is 188 g/mol. The van der Waals surface area contributed by atoms with Crippen molar-refractivity contribution >= 4 is 8.32 Å². The molecule has 0 amide bonds. The van der Waals surface area contributed by atoms with Crippen molar-refractivity contribution in [2.45, 2.75) is 39.4 Å². The van der Waals surface area contributed by atoms with Crippen LogP contribution in [0.5, 0.6) is 5.75 Å². The van der Waals surface area contributed by atoms with Crippen molar-refractivity contribution in [1.82, 2.24) is 0 Å². The Balaban J connectivity index is 2.84. The quantitative estimate of drug-likeness (QED) is 0.682. The highest BCUT2D eigenvalue weighted by Gasteiger charge is 2.29. The Hall–Kier alpha value is -0.763. The number of hydrogen-bond donors (Lipinski definition) is 0. The maximum Gasteiger partial charge on any atom is 0.247 e. The Kier molecular flexibility index (Phi) is 3.37. The van der Waals surface area contributed by atoms with Crippen LogP contribution in [-0.2, 0) is 0 Å². The van der Waals surface area contributed by atoms with Gasteiger partial charge in [-0.05, 0) is 37.2 Å². The van der Waals surface area contributed by atoms with Crippen LogP contribution in [0.1, 0.15) is 19.4 Å². The Labute approximate surface area is 88.2 Å². The molecular formula is C12H20OSi. The van der Waals surface area contributed by atoms with Gasteiger partial charge in [-0.1, -0.05) is 32.0 Å². The van der Waals surface area contributed by atoms with Gasteiger partial charge in [-0.3, -0.25) is 0 Å². The average molecular weight is 208 g/mol. The number of rotatable bonds is 3. The van der Waals surface area contributed by atoms with E-state index in [1.54, 1.807) is 0 Å². The van der Waals surface area contributed by atoms with Gasteiger partial charge in [0, 0.05) is 0 Å². The molecule has 0 saturated heterocycles. The van der Waals surface area contributed by atoms with Crippen molar-refractivity contribution in [2.75, 3.05) is 0 Å². The number of benzene rings is 1. The minimum absolute atomic E-state index is 0.641. The SMILES string of the molecule is Cc1ccccc1O[Si](C)(C)C(C)C. The van der Waals surface area contributed by atoms with Crippen LogP contribution in [-0.4, -0.2) is 8.32 Å². The molecule has 0 aliphatic heterocycles. The van der Waals surface area contributed by atoms with E-state index in [1.807, 2.05) is 12.1 Å². The Bertz CT molecular complexity index is 305. The summed E-state index contributed by atoms with van der Waals surface area (Å²) in [7, 11) is -1.55. The van der Waals surface area contributed by atoms with Crippen LogP contribution in [0, 0.1) is 6.92 Å². The fourth-order valence-electron chi connectivity index (χ4n) is 1.07. The third-order valence-corrected chi connectivity index (χ3v) is 6.38. The zero-order chi connectivity index (χ0) is 10.8. The van der Waals surface area contributed by atoms with Crippen LogP contribution in [0.15, 0.2) is 24.3 Å². The predicted octanol–water partition coefficient (Wildman–Crippen LogP) is 3.99. The Morgan fingerprint density at radius 2 is 1.71 bits per heavy atom. The van der Waals surface area contributed by atoms with Crippen LogP contribution in [0.25, 0.3) is 0 Å². The van der Waals surface area contributed by atoms with Crippen LogP contribution in [0.4, 0.5) is 0 Å². The van der Waals surface area contributed by atoms with E-state index in [0.717, 1.165) is 5.75 Å². The molecule has 0 bridgehead atoms. The summed E-state index contributed by atoms with van der Waals surface area (Å²) in [4.78, 5) is 0. The summed E-state index contributed by atoms with van der Waals surface area (Å²) in [5, 5.41) is 0. The molecule has 0 spiro atoms. The van der Waals surface area contributed by atoms with Crippen LogP contribution in [0.2, 0.25) is 18.6 Å². The highest BCUT2D eigenvalue weighted by atomic mass is 28.4. The fraction of sp³-hybridized carbons (Fsp3) is 0.500. The average Bonchev–Trinajstić information content (AvgIpc) is 2.08. The molecule has 0 aromatic heterocycles. The molecule has 78 valence electrons. The van der Waals surface area contributed by atoms with Crippen LogP contribution < -0.4 is 4.43 Å². The summed E-state index contributed by atoms with van der Waals surface area (Å²) in [6.07, 6.45) is 0. The maximum absolute atomic E-state index is 6.13. The lowest BCUT2D eigenvalue weighted by Crippen LogP contribution is -2.37. The second-order valence-electron chi connectivity index (χ2n) is 4.63. The maximum atomic E-state index is 6.13. The molecule has 0 fully saturated rings. The smallest absolute Gasteiger partial charge is 0.247 e. The largest absolute Gasteiger partial charge is 0.544 e. The second-order valence-corrected chi connectivity index (χ2v) is 9.19. The van der Waals surface area contributed by atoms with Crippen LogP contribution in [0.3, 0.4) is 0 Å². The first-order chi connectivity index (χ1) is 6.43. The van der Waals surface area contributed by atoms with Gasteiger partial charge in [0.05, 0.1) is 0 Å². The lowest BCUT2D eigenvalue weighted by atomic mass is 10.2. The molecule has 0 aliphatic carbocycles. The third kappa shape index (κ3) is 2.61. The van der Waals surface area contributed by atoms with Crippen molar-refractivity contribution in [3.63, 3.8) is 0 Å². The molecule has 14 heavy (non-hydrogen) atoms. The van der Waals surface area contributed by atoms with E-state index in [9.17, 15) is 0 Å². The molecule has 0 atom stereocenters. The molecule has 2 heteroatoms. The zero-order valence-corrected chi connectivity index (χ0v) is 10.8. The van der Waals surface area contributed by atoms with Crippen molar-refractivity contribution < 1.29 is 4.43 Å². The van der Waals surface area contributed by atoms with Gasteiger partial charge < -0.3 is 4.43 Å². The highest BCUT2D eigenvalue weighted by molar-refractivity contribution is 6.73. The molecule has 0 unspecified atom stereocenters. The normalized spacial score (nSPS) is 11.9. The van der Waals surface area contributed by atoms with E-state index in [4.69, 9.17) is 4.43 Å². The number of aryl methyl sites for hydroxylation is 1. The minimum Gasteiger partial charge on any atom is -0.544 e. The Morgan fingerprint density at radius 3 is 2.21 bits per heavy atom. The zero-order valence-electron chi connectivity index (χ0n) is 9.79. The van der Waals surface area contributed by atoms with E-state index >= 15 is 0 Å². The van der Waals surface area contributed by atoms with Gasteiger partial charge in [-0.2, -0.15) is 0 Å². The van der Waals surface area contributed by atoms with Crippen LogP contribution >= 0.6 is 0 Å². The highest BCUT2D eigenvalue weighted by Crippen LogP contribution is 2.26. The Morgan fingerprint density at radius 1 is 1.14 bits per heavy atom. The number of hydrogen-bond acceptors (Lipinski definition) is 1. The van der Waals surface area contributed by atoms with Crippen molar-refractivity contribution in [2.24, 2.45) is 0 Å². The van der Waals surface area contributed by atoms with Gasteiger partial charge in [-0.15, -0.1) is 0 Å². The topological polar surface area (TPSA) is 9.23 Å². The molecule has 0 radical (unpaired) electrons. The standard InChI is InChI=1S/C12H20OSi/c1-10(2)14(4,5)13-12-9-7-6-8-11(12)3/h6-10H,1-5H3. The molecule has 1 aromatic rings. The number of para-hydroxylation sites is 1. The van der Waals surface area contributed by atoms with Gasteiger partial charge >= 0.3 is 0 Å². The van der Waals surface area contributed by atoms with Gasteiger partial charge in [0.25, 0.3) is 0 Å². The summed E-state index contributed by atoms with van der Waals surface area (Å²) in [5.41, 5.74) is 1.87.